The van der Waals surface area contributed by atoms with Gasteiger partial charge in [-0.15, -0.1) is 0 Å². The first-order valence-corrected chi connectivity index (χ1v) is 5.58. The van der Waals surface area contributed by atoms with Crippen molar-refractivity contribution in [3.8, 4) is 6.07 Å². The van der Waals surface area contributed by atoms with Gasteiger partial charge in [-0.25, -0.2) is 0 Å². The Balaban J connectivity index is 3.13. The van der Waals surface area contributed by atoms with Crippen molar-refractivity contribution in [3.05, 3.63) is 29.3 Å². The molecule has 0 radical (unpaired) electrons. The van der Waals surface area contributed by atoms with Gasteiger partial charge in [-0.2, -0.15) is 18.4 Å². The molecule has 0 aromatic heterocycles. The predicted molar refractivity (Wildman–Crippen MR) is 64.3 cm³/mol. The third kappa shape index (κ3) is 3.39. The zero-order valence-corrected chi connectivity index (χ0v) is 10.5. The highest BCUT2D eigenvalue weighted by molar-refractivity contribution is 5.60. The normalized spacial score (nSPS) is 11.4. The number of nitriles is 1. The smallest absolute Gasteiger partial charge is 0.373 e. The molecule has 1 aromatic rings. The topological polar surface area (TPSA) is 27.0 Å². The molecule has 0 unspecified atom stereocenters. The molecule has 5 heteroatoms. The Morgan fingerprint density at radius 3 is 2.39 bits per heavy atom. The fourth-order valence-corrected chi connectivity index (χ4v) is 1.78. The first-order valence-electron chi connectivity index (χ1n) is 5.58. The van der Waals surface area contributed by atoms with E-state index in [-0.39, 0.29) is 5.56 Å². The van der Waals surface area contributed by atoms with Crippen molar-refractivity contribution < 1.29 is 13.2 Å². The molecule has 0 spiro atoms. The quantitative estimate of drug-likeness (QED) is 0.825. The Morgan fingerprint density at radius 2 is 1.94 bits per heavy atom. The van der Waals surface area contributed by atoms with Crippen LogP contribution in [0.4, 0.5) is 18.9 Å². The van der Waals surface area contributed by atoms with Crippen molar-refractivity contribution in [2.75, 3.05) is 18.5 Å². The highest BCUT2D eigenvalue weighted by Crippen LogP contribution is 2.32. The summed E-state index contributed by atoms with van der Waals surface area (Å²) in [5.41, 5.74) is -0.215. The lowest BCUT2D eigenvalue weighted by Crippen LogP contribution is -2.23. The van der Waals surface area contributed by atoms with Gasteiger partial charge < -0.3 is 4.90 Å². The van der Waals surface area contributed by atoms with E-state index in [0.717, 1.165) is 12.1 Å². The van der Waals surface area contributed by atoms with E-state index in [0.29, 0.717) is 18.2 Å². The van der Waals surface area contributed by atoms with Crippen LogP contribution >= 0.6 is 0 Å². The fourth-order valence-electron chi connectivity index (χ4n) is 1.78. The van der Waals surface area contributed by atoms with Crippen LogP contribution in [0.2, 0.25) is 0 Å². The average molecular weight is 256 g/mol. The van der Waals surface area contributed by atoms with E-state index in [2.05, 4.69) is 0 Å². The molecule has 0 amide bonds. The highest BCUT2D eigenvalue weighted by atomic mass is 19.4. The van der Waals surface area contributed by atoms with Crippen LogP contribution in [0.1, 0.15) is 25.0 Å². The second kappa shape index (κ2) is 5.30. The number of benzene rings is 1. The molecule has 0 bridgehead atoms. The minimum Gasteiger partial charge on any atom is -0.373 e. The summed E-state index contributed by atoms with van der Waals surface area (Å²) in [6, 6.07) is 5.07. The molecular weight excluding hydrogens is 241 g/mol. The van der Waals surface area contributed by atoms with Crippen LogP contribution in [0, 0.1) is 17.2 Å². The lowest BCUT2D eigenvalue weighted by molar-refractivity contribution is -0.137. The van der Waals surface area contributed by atoms with Gasteiger partial charge in [0.1, 0.15) is 6.07 Å². The number of hydrogen-bond acceptors (Lipinski definition) is 2. The number of anilines is 1. The molecule has 0 heterocycles. The Kier molecular flexibility index (Phi) is 4.23. The molecule has 18 heavy (non-hydrogen) atoms. The van der Waals surface area contributed by atoms with E-state index in [1.807, 2.05) is 19.9 Å². The number of rotatable bonds is 3. The largest absolute Gasteiger partial charge is 0.416 e. The minimum atomic E-state index is -4.42. The van der Waals surface area contributed by atoms with Crippen molar-refractivity contribution in [2.45, 2.75) is 20.0 Å². The standard InChI is InChI=1S/C13H15F3N2/c1-9(2)8-18(3)12-5-4-11(13(14,15)16)6-10(12)7-17/h4-6,9H,8H2,1-3H3. The SMILES string of the molecule is CC(C)CN(C)c1ccc(C(F)(F)F)cc1C#N. The lowest BCUT2D eigenvalue weighted by atomic mass is 10.1. The summed E-state index contributed by atoms with van der Waals surface area (Å²) in [5, 5.41) is 8.95. The Labute approximate surface area is 105 Å². The molecule has 0 aliphatic carbocycles. The third-order valence-electron chi connectivity index (χ3n) is 2.49. The molecule has 2 nitrogen and oxygen atoms in total. The zero-order chi connectivity index (χ0) is 13.9. The molecule has 1 rings (SSSR count). The minimum absolute atomic E-state index is 0.0491. The van der Waals surface area contributed by atoms with E-state index in [1.165, 1.54) is 6.07 Å². The van der Waals surface area contributed by atoms with Gasteiger partial charge in [-0.05, 0) is 24.1 Å². The van der Waals surface area contributed by atoms with E-state index >= 15 is 0 Å². The predicted octanol–water partition coefficient (Wildman–Crippen LogP) is 3.67. The molecule has 0 aliphatic rings. The molecule has 0 fully saturated rings. The summed E-state index contributed by atoms with van der Waals surface area (Å²) in [6.07, 6.45) is -4.42. The summed E-state index contributed by atoms with van der Waals surface area (Å²) in [6.45, 7) is 4.69. The Bertz CT molecular complexity index is 458. The van der Waals surface area contributed by atoms with Crippen LogP contribution in [0.5, 0.6) is 0 Å². The summed E-state index contributed by atoms with van der Waals surface area (Å²) in [7, 11) is 1.77. The van der Waals surface area contributed by atoms with Gasteiger partial charge in [0.05, 0.1) is 16.8 Å². The number of alkyl halides is 3. The van der Waals surface area contributed by atoms with Crippen molar-refractivity contribution in [1.29, 1.82) is 5.26 Å². The molecule has 0 saturated carbocycles. The number of hydrogen-bond donors (Lipinski definition) is 0. The van der Waals surface area contributed by atoms with Gasteiger partial charge in [-0.1, -0.05) is 13.8 Å². The molecule has 0 saturated heterocycles. The zero-order valence-electron chi connectivity index (χ0n) is 10.5. The summed E-state index contributed by atoms with van der Waals surface area (Å²) >= 11 is 0. The maximum Gasteiger partial charge on any atom is 0.416 e. The maximum atomic E-state index is 12.5. The van der Waals surface area contributed by atoms with Crippen LogP contribution in [0.15, 0.2) is 18.2 Å². The second-order valence-corrected chi connectivity index (χ2v) is 4.62. The van der Waals surface area contributed by atoms with Gasteiger partial charge in [0, 0.05) is 13.6 Å². The van der Waals surface area contributed by atoms with E-state index in [9.17, 15) is 13.2 Å². The van der Waals surface area contributed by atoms with E-state index in [4.69, 9.17) is 5.26 Å². The van der Waals surface area contributed by atoms with E-state index < -0.39 is 11.7 Å². The molecule has 98 valence electrons. The third-order valence-corrected chi connectivity index (χ3v) is 2.49. The lowest BCUT2D eigenvalue weighted by Gasteiger charge is -2.23. The van der Waals surface area contributed by atoms with Crippen LogP contribution in [-0.4, -0.2) is 13.6 Å². The van der Waals surface area contributed by atoms with Gasteiger partial charge in [0.25, 0.3) is 0 Å². The monoisotopic (exact) mass is 256 g/mol. The molecule has 0 atom stereocenters. The van der Waals surface area contributed by atoms with Crippen molar-refractivity contribution in [1.82, 2.24) is 0 Å². The molecular formula is C13H15F3N2. The first-order chi connectivity index (χ1) is 8.25. The van der Waals surface area contributed by atoms with Crippen LogP contribution in [-0.2, 0) is 6.18 Å². The van der Waals surface area contributed by atoms with Gasteiger partial charge in [0.15, 0.2) is 0 Å². The molecule has 1 aromatic carbocycles. The molecule has 0 aliphatic heterocycles. The summed E-state index contributed by atoms with van der Waals surface area (Å²) in [4.78, 5) is 1.80. The van der Waals surface area contributed by atoms with Crippen LogP contribution in [0.25, 0.3) is 0 Å². The van der Waals surface area contributed by atoms with Crippen molar-refractivity contribution in [2.24, 2.45) is 5.92 Å². The van der Waals surface area contributed by atoms with Crippen LogP contribution < -0.4 is 4.90 Å². The fraction of sp³-hybridized carbons (Fsp3) is 0.462. The summed E-state index contributed by atoms with van der Waals surface area (Å²) < 4.78 is 37.6. The highest BCUT2D eigenvalue weighted by Gasteiger charge is 2.31. The summed E-state index contributed by atoms with van der Waals surface area (Å²) in [5.74, 6) is 0.365. The molecule has 0 N–H and O–H groups in total. The maximum absolute atomic E-state index is 12.5. The Morgan fingerprint density at radius 1 is 1.33 bits per heavy atom. The number of halogens is 3. The van der Waals surface area contributed by atoms with Crippen molar-refractivity contribution in [3.63, 3.8) is 0 Å². The van der Waals surface area contributed by atoms with E-state index in [1.54, 1.807) is 11.9 Å². The van der Waals surface area contributed by atoms with Gasteiger partial charge in [0.2, 0.25) is 0 Å². The average Bonchev–Trinajstić information content (AvgIpc) is 2.26. The van der Waals surface area contributed by atoms with Gasteiger partial charge >= 0.3 is 6.18 Å². The second-order valence-electron chi connectivity index (χ2n) is 4.62. The first kappa shape index (κ1) is 14.4. The number of nitrogens with zero attached hydrogens (tertiary/aromatic N) is 2. The van der Waals surface area contributed by atoms with Gasteiger partial charge in [-0.3, -0.25) is 0 Å². The van der Waals surface area contributed by atoms with Crippen LogP contribution in [0.3, 0.4) is 0 Å². The van der Waals surface area contributed by atoms with Crippen molar-refractivity contribution >= 4 is 5.69 Å². The Hall–Kier alpha value is -1.70.